The van der Waals surface area contributed by atoms with Crippen molar-refractivity contribution >= 4 is 5.91 Å². The van der Waals surface area contributed by atoms with Gasteiger partial charge in [0.15, 0.2) is 0 Å². The molecular weight excluding hydrogens is 188 g/mol. The van der Waals surface area contributed by atoms with Crippen molar-refractivity contribution in [3.63, 3.8) is 0 Å². The van der Waals surface area contributed by atoms with Gasteiger partial charge >= 0.3 is 0 Å². The summed E-state index contributed by atoms with van der Waals surface area (Å²) in [5.74, 6) is 0.764. The molecule has 3 nitrogen and oxygen atoms in total. The molecule has 1 rings (SSSR count). The molecule has 1 aliphatic heterocycles. The van der Waals surface area contributed by atoms with Gasteiger partial charge in [0.2, 0.25) is 5.91 Å². The molecule has 0 radical (unpaired) electrons. The lowest BCUT2D eigenvalue weighted by Gasteiger charge is -2.24. The molecule has 3 heteroatoms. The Morgan fingerprint density at radius 3 is 2.67 bits per heavy atom. The van der Waals surface area contributed by atoms with Gasteiger partial charge in [0, 0.05) is 6.04 Å². The Hall–Kier alpha value is -0.570. The number of rotatable bonds is 5. The molecule has 0 bridgehead atoms. The SMILES string of the molecule is CC[C@H](C)[C@@H](CC)NC(=O)[C@@H]1CCCN1. The van der Waals surface area contributed by atoms with Crippen LogP contribution in [0.2, 0.25) is 0 Å². The van der Waals surface area contributed by atoms with E-state index in [1.54, 1.807) is 0 Å². The van der Waals surface area contributed by atoms with Crippen LogP contribution in [0.5, 0.6) is 0 Å². The molecule has 0 aliphatic carbocycles. The van der Waals surface area contributed by atoms with E-state index in [1.807, 2.05) is 0 Å². The number of nitrogens with one attached hydrogen (secondary N) is 2. The molecule has 0 unspecified atom stereocenters. The van der Waals surface area contributed by atoms with Gasteiger partial charge in [-0.1, -0.05) is 27.2 Å². The highest BCUT2D eigenvalue weighted by Crippen LogP contribution is 2.12. The Balaban J connectivity index is 2.39. The van der Waals surface area contributed by atoms with E-state index >= 15 is 0 Å². The van der Waals surface area contributed by atoms with E-state index in [0.29, 0.717) is 12.0 Å². The quantitative estimate of drug-likeness (QED) is 0.728. The summed E-state index contributed by atoms with van der Waals surface area (Å²) in [6.07, 6.45) is 4.26. The Kier molecular flexibility index (Phi) is 5.09. The molecule has 0 aromatic heterocycles. The van der Waals surface area contributed by atoms with E-state index in [1.165, 1.54) is 0 Å². The van der Waals surface area contributed by atoms with Gasteiger partial charge in [0.1, 0.15) is 0 Å². The monoisotopic (exact) mass is 212 g/mol. The van der Waals surface area contributed by atoms with E-state index in [0.717, 1.165) is 32.2 Å². The summed E-state index contributed by atoms with van der Waals surface area (Å²) in [5.41, 5.74) is 0. The van der Waals surface area contributed by atoms with E-state index < -0.39 is 0 Å². The highest BCUT2D eigenvalue weighted by molar-refractivity contribution is 5.82. The summed E-state index contributed by atoms with van der Waals surface area (Å²) >= 11 is 0. The second-order valence-electron chi connectivity index (χ2n) is 4.56. The van der Waals surface area contributed by atoms with Gasteiger partial charge in [0.05, 0.1) is 6.04 Å². The van der Waals surface area contributed by atoms with Gasteiger partial charge in [0.25, 0.3) is 0 Å². The van der Waals surface area contributed by atoms with Crippen LogP contribution in [0.15, 0.2) is 0 Å². The van der Waals surface area contributed by atoms with Crippen molar-refractivity contribution in [1.82, 2.24) is 10.6 Å². The summed E-state index contributed by atoms with van der Waals surface area (Å²) in [6, 6.07) is 0.396. The maximum Gasteiger partial charge on any atom is 0.237 e. The molecule has 1 heterocycles. The number of amides is 1. The Labute approximate surface area is 93.0 Å². The van der Waals surface area contributed by atoms with Crippen LogP contribution in [0.25, 0.3) is 0 Å². The average Bonchev–Trinajstić information content (AvgIpc) is 2.77. The van der Waals surface area contributed by atoms with E-state index in [2.05, 4.69) is 31.4 Å². The van der Waals surface area contributed by atoms with Crippen molar-refractivity contribution in [2.45, 2.75) is 58.5 Å². The van der Waals surface area contributed by atoms with E-state index in [-0.39, 0.29) is 11.9 Å². The number of carbonyl (C=O) groups excluding carboxylic acids is 1. The van der Waals surface area contributed by atoms with Crippen LogP contribution in [-0.2, 0) is 4.79 Å². The standard InChI is InChI=1S/C12H24N2O/c1-4-9(3)10(5-2)14-12(15)11-7-6-8-13-11/h9-11,13H,4-8H2,1-3H3,(H,14,15)/t9-,10+,11-/m0/s1. The zero-order valence-electron chi connectivity index (χ0n) is 10.2. The first-order chi connectivity index (χ1) is 7.19. The molecule has 0 spiro atoms. The molecule has 1 saturated heterocycles. The second-order valence-corrected chi connectivity index (χ2v) is 4.56. The lowest BCUT2D eigenvalue weighted by atomic mass is 9.96. The van der Waals surface area contributed by atoms with Crippen molar-refractivity contribution < 1.29 is 4.79 Å². The lowest BCUT2D eigenvalue weighted by Crippen LogP contribution is -2.47. The van der Waals surface area contributed by atoms with Crippen molar-refractivity contribution in [2.75, 3.05) is 6.54 Å². The molecule has 15 heavy (non-hydrogen) atoms. The van der Waals surface area contributed by atoms with Gasteiger partial charge in [-0.15, -0.1) is 0 Å². The van der Waals surface area contributed by atoms with Crippen molar-refractivity contribution in [3.8, 4) is 0 Å². The molecule has 1 fully saturated rings. The predicted molar refractivity (Wildman–Crippen MR) is 62.7 cm³/mol. The van der Waals surface area contributed by atoms with Gasteiger partial charge < -0.3 is 10.6 Å². The summed E-state index contributed by atoms with van der Waals surface area (Å²) in [5, 5.41) is 6.39. The Morgan fingerprint density at radius 2 is 2.20 bits per heavy atom. The zero-order valence-corrected chi connectivity index (χ0v) is 10.2. The van der Waals surface area contributed by atoms with Crippen LogP contribution in [0.4, 0.5) is 0 Å². The first-order valence-corrected chi connectivity index (χ1v) is 6.22. The third-order valence-corrected chi connectivity index (χ3v) is 3.48. The number of carbonyl (C=O) groups is 1. The van der Waals surface area contributed by atoms with Crippen LogP contribution < -0.4 is 10.6 Å². The third-order valence-electron chi connectivity index (χ3n) is 3.48. The largest absolute Gasteiger partial charge is 0.352 e. The molecule has 2 N–H and O–H groups in total. The maximum absolute atomic E-state index is 11.9. The summed E-state index contributed by atoms with van der Waals surface area (Å²) in [6.45, 7) is 7.50. The smallest absolute Gasteiger partial charge is 0.237 e. The number of hydrogen-bond donors (Lipinski definition) is 2. The van der Waals surface area contributed by atoms with Crippen molar-refractivity contribution in [1.29, 1.82) is 0 Å². The molecule has 0 saturated carbocycles. The predicted octanol–water partition coefficient (Wildman–Crippen LogP) is 1.68. The highest BCUT2D eigenvalue weighted by atomic mass is 16.2. The van der Waals surface area contributed by atoms with Crippen molar-refractivity contribution in [2.24, 2.45) is 5.92 Å². The Bertz CT molecular complexity index is 200. The van der Waals surface area contributed by atoms with Crippen LogP contribution in [0.3, 0.4) is 0 Å². The van der Waals surface area contributed by atoms with E-state index in [9.17, 15) is 4.79 Å². The van der Waals surface area contributed by atoms with Gasteiger partial charge in [-0.05, 0) is 31.7 Å². The van der Waals surface area contributed by atoms with Gasteiger partial charge in [-0.3, -0.25) is 4.79 Å². The maximum atomic E-state index is 11.9. The highest BCUT2D eigenvalue weighted by Gasteiger charge is 2.24. The van der Waals surface area contributed by atoms with Gasteiger partial charge in [-0.25, -0.2) is 0 Å². The lowest BCUT2D eigenvalue weighted by molar-refractivity contribution is -0.123. The molecule has 1 amide bonds. The summed E-state index contributed by atoms with van der Waals surface area (Å²) in [7, 11) is 0. The van der Waals surface area contributed by atoms with Gasteiger partial charge in [-0.2, -0.15) is 0 Å². The Morgan fingerprint density at radius 1 is 1.47 bits per heavy atom. The fourth-order valence-electron chi connectivity index (χ4n) is 2.12. The number of hydrogen-bond acceptors (Lipinski definition) is 2. The minimum atomic E-state index is 0.0584. The average molecular weight is 212 g/mol. The minimum Gasteiger partial charge on any atom is -0.352 e. The third kappa shape index (κ3) is 3.49. The van der Waals surface area contributed by atoms with Crippen LogP contribution >= 0.6 is 0 Å². The zero-order chi connectivity index (χ0) is 11.3. The molecule has 1 aliphatic rings. The van der Waals surface area contributed by atoms with Crippen LogP contribution in [-0.4, -0.2) is 24.5 Å². The fraction of sp³-hybridized carbons (Fsp3) is 0.917. The first kappa shape index (κ1) is 12.5. The van der Waals surface area contributed by atoms with Crippen LogP contribution in [0.1, 0.15) is 46.5 Å². The minimum absolute atomic E-state index is 0.0584. The molecule has 0 aromatic carbocycles. The van der Waals surface area contributed by atoms with E-state index in [4.69, 9.17) is 0 Å². The molecular formula is C12H24N2O. The molecule has 0 aromatic rings. The molecule has 88 valence electrons. The first-order valence-electron chi connectivity index (χ1n) is 6.22. The fourth-order valence-corrected chi connectivity index (χ4v) is 2.12. The summed E-state index contributed by atoms with van der Waals surface area (Å²) in [4.78, 5) is 11.9. The topological polar surface area (TPSA) is 41.1 Å². The second kappa shape index (κ2) is 6.11. The normalized spacial score (nSPS) is 24.9. The summed E-state index contributed by atoms with van der Waals surface area (Å²) < 4.78 is 0. The van der Waals surface area contributed by atoms with Crippen molar-refractivity contribution in [3.05, 3.63) is 0 Å². The van der Waals surface area contributed by atoms with Crippen LogP contribution in [0, 0.1) is 5.92 Å². The molecule has 3 atom stereocenters.